The molecule has 0 radical (unpaired) electrons. The van der Waals surface area contributed by atoms with Crippen molar-refractivity contribution in [2.45, 2.75) is 9.79 Å². The van der Waals surface area contributed by atoms with Crippen LogP contribution in [-0.2, 0) is 0 Å². The third-order valence-corrected chi connectivity index (χ3v) is 6.12. The van der Waals surface area contributed by atoms with E-state index in [0.29, 0.717) is 8.47 Å². The number of thiol groups is 2. The van der Waals surface area contributed by atoms with E-state index < -0.39 is 9.85 Å². The normalized spacial score (nSPS) is 11.8. The summed E-state index contributed by atoms with van der Waals surface area (Å²) in [5.41, 5.74) is 0.0470. The average molecular weight is 399 g/mol. The number of non-ortho nitro benzene ring substituents is 2. The van der Waals surface area contributed by atoms with Gasteiger partial charge in [0.05, 0.1) is 18.3 Å². The van der Waals surface area contributed by atoms with Gasteiger partial charge in [-0.25, -0.2) is 0 Å². The van der Waals surface area contributed by atoms with Crippen LogP contribution in [0.5, 0.6) is 0 Å². The molecule has 0 fully saturated rings. The van der Waals surface area contributed by atoms with Crippen LogP contribution in [0.1, 0.15) is 0 Å². The standard InChI is InChI=1S/C14H10N2O4S4/c17-15(18)9-1-5-11(6-2-9)23-13(21)14(22)24-12-7-3-10(4-8-12)16(19)20/h1-8,21-22H/b14-13-. The fourth-order valence-electron chi connectivity index (χ4n) is 1.58. The van der Waals surface area contributed by atoms with Crippen molar-refractivity contribution in [3.8, 4) is 0 Å². The number of nitro benzene ring substituents is 2. The highest BCUT2D eigenvalue weighted by molar-refractivity contribution is 8.21. The Morgan fingerprint density at radius 2 is 1.00 bits per heavy atom. The maximum absolute atomic E-state index is 10.6. The van der Waals surface area contributed by atoms with Crippen molar-refractivity contribution in [1.29, 1.82) is 0 Å². The molecule has 2 aromatic carbocycles. The Hall–Kier alpha value is -1.62. The molecule has 0 atom stereocenters. The molecule has 0 aromatic heterocycles. The SMILES string of the molecule is O=[N+]([O-])c1ccc(S/C(S)=C(/S)Sc2ccc([N+](=O)[O-])cc2)cc1. The Labute approximate surface area is 156 Å². The van der Waals surface area contributed by atoms with Gasteiger partial charge < -0.3 is 0 Å². The van der Waals surface area contributed by atoms with Crippen molar-refractivity contribution in [3.63, 3.8) is 0 Å². The van der Waals surface area contributed by atoms with Crippen molar-refractivity contribution in [2.24, 2.45) is 0 Å². The molecule has 0 N–H and O–H groups in total. The predicted molar refractivity (Wildman–Crippen MR) is 103 cm³/mol. The van der Waals surface area contributed by atoms with Crippen LogP contribution in [0.2, 0.25) is 0 Å². The predicted octanol–water partition coefficient (Wildman–Crippen LogP) is 5.37. The molecule has 2 aromatic rings. The van der Waals surface area contributed by atoms with Crippen LogP contribution >= 0.6 is 48.8 Å². The van der Waals surface area contributed by atoms with Crippen LogP contribution in [0.4, 0.5) is 11.4 Å². The number of hydrogen-bond acceptors (Lipinski definition) is 8. The molecule has 0 spiro atoms. The average Bonchev–Trinajstić information content (AvgIpc) is 2.55. The molecule has 0 bridgehead atoms. The van der Waals surface area contributed by atoms with E-state index in [1.165, 1.54) is 47.8 Å². The van der Waals surface area contributed by atoms with Gasteiger partial charge in [-0.3, -0.25) is 20.2 Å². The first-order chi connectivity index (χ1) is 11.4. The van der Waals surface area contributed by atoms with E-state index in [-0.39, 0.29) is 11.4 Å². The van der Waals surface area contributed by atoms with Crippen molar-refractivity contribution in [2.75, 3.05) is 0 Å². The van der Waals surface area contributed by atoms with E-state index in [0.717, 1.165) is 9.79 Å². The second-order valence-corrected chi connectivity index (χ2v) is 7.98. The van der Waals surface area contributed by atoms with E-state index >= 15 is 0 Å². The van der Waals surface area contributed by atoms with Crippen LogP contribution < -0.4 is 0 Å². The Kier molecular flexibility index (Phi) is 6.60. The summed E-state index contributed by atoms with van der Waals surface area (Å²) in [7, 11) is 0. The lowest BCUT2D eigenvalue weighted by Crippen LogP contribution is -1.86. The largest absolute Gasteiger partial charge is 0.269 e. The Morgan fingerprint density at radius 1 is 0.708 bits per heavy atom. The molecule has 2 rings (SSSR count). The summed E-state index contributed by atoms with van der Waals surface area (Å²) in [5, 5.41) is 21.3. The lowest BCUT2D eigenvalue weighted by Gasteiger charge is -2.06. The van der Waals surface area contributed by atoms with Crippen molar-refractivity contribution in [1.82, 2.24) is 0 Å². The maximum atomic E-state index is 10.6. The van der Waals surface area contributed by atoms with Crippen molar-refractivity contribution < 1.29 is 9.85 Å². The van der Waals surface area contributed by atoms with Crippen LogP contribution in [0, 0.1) is 20.2 Å². The highest BCUT2D eigenvalue weighted by Gasteiger charge is 2.09. The number of rotatable bonds is 6. The monoisotopic (exact) mass is 398 g/mol. The third kappa shape index (κ3) is 5.20. The minimum absolute atomic E-state index is 0.0235. The first-order valence-corrected chi connectivity index (χ1v) is 8.86. The smallest absolute Gasteiger partial charge is 0.258 e. The van der Waals surface area contributed by atoms with Crippen LogP contribution in [0.15, 0.2) is 66.8 Å². The number of benzene rings is 2. The zero-order valence-corrected chi connectivity index (χ0v) is 15.3. The summed E-state index contributed by atoms with van der Waals surface area (Å²) < 4.78 is 1.24. The minimum atomic E-state index is -0.458. The minimum Gasteiger partial charge on any atom is -0.258 e. The van der Waals surface area contributed by atoms with Gasteiger partial charge in [0.1, 0.15) is 0 Å². The Balaban J connectivity index is 2.06. The van der Waals surface area contributed by atoms with Gasteiger partial charge in [0.2, 0.25) is 0 Å². The summed E-state index contributed by atoms with van der Waals surface area (Å²) in [5.74, 6) is 0. The molecule has 0 heterocycles. The molecule has 0 unspecified atom stereocenters. The van der Waals surface area contributed by atoms with Crippen LogP contribution in [0.25, 0.3) is 0 Å². The number of hydrogen-bond donors (Lipinski definition) is 2. The molecule has 10 heteroatoms. The van der Waals surface area contributed by atoms with Crippen molar-refractivity contribution >= 4 is 60.2 Å². The van der Waals surface area contributed by atoms with Crippen LogP contribution in [0.3, 0.4) is 0 Å². The number of thioether (sulfide) groups is 2. The first-order valence-electron chi connectivity index (χ1n) is 6.33. The summed E-state index contributed by atoms with van der Waals surface area (Å²) in [6.45, 7) is 0. The molecular weight excluding hydrogens is 388 g/mol. The molecule has 124 valence electrons. The number of nitrogens with zero attached hydrogens (tertiary/aromatic N) is 2. The zero-order chi connectivity index (χ0) is 17.7. The Bertz CT molecular complexity index is 724. The molecule has 0 aliphatic carbocycles. The molecule has 0 amide bonds. The number of nitro groups is 2. The Morgan fingerprint density at radius 3 is 1.25 bits per heavy atom. The molecule has 0 saturated carbocycles. The van der Waals surface area contributed by atoms with E-state index in [4.69, 9.17) is 0 Å². The van der Waals surface area contributed by atoms with Crippen molar-refractivity contribution in [3.05, 3.63) is 77.2 Å². The van der Waals surface area contributed by atoms with E-state index in [1.807, 2.05) is 0 Å². The highest BCUT2D eigenvalue weighted by Crippen LogP contribution is 2.40. The first kappa shape index (κ1) is 18.7. The molecular formula is C14H10N2O4S4. The van der Waals surface area contributed by atoms with Gasteiger partial charge in [-0.2, -0.15) is 0 Å². The van der Waals surface area contributed by atoms with E-state index in [2.05, 4.69) is 25.3 Å². The lowest BCUT2D eigenvalue weighted by molar-refractivity contribution is -0.385. The van der Waals surface area contributed by atoms with Gasteiger partial charge in [0, 0.05) is 34.1 Å². The summed E-state index contributed by atoms with van der Waals surface area (Å²) in [4.78, 5) is 21.9. The molecule has 0 aliphatic heterocycles. The van der Waals surface area contributed by atoms with Gasteiger partial charge >= 0.3 is 0 Å². The molecule has 0 aliphatic rings. The second kappa shape index (κ2) is 8.47. The van der Waals surface area contributed by atoms with E-state index in [9.17, 15) is 20.2 Å². The molecule has 24 heavy (non-hydrogen) atoms. The summed E-state index contributed by atoms with van der Waals surface area (Å²) in [6, 6.07) is 12.2. The summed E-state index contributed by atoms with van der Waals surface area (Å²) >= 11 is 11.4. The fraction of sp³-hybridized carbons (Fsp3) is 0. The zero-order valence-electron chi connectivity index (χ0n) is 11.9. The van der Waals surface area contributed by atoms with Gasteiger partial charge in [-0.05, 0) is 24.3 Å². The molecule has 0 saturated heterocycles. The van der Waals surface area contributed by atoms with Gasteiger partial charge in [0.15, 0.2) is 0 Å². The van der Waals surface area contributed by atoms with Gasteiger partial charge in [-0.1, -0.05) is 23.5 Å². The fourth-order valence-corrected chi connectivity index (χ4v) is 3.90. The van der Waals surface area contributed by atoms with Gasteiger partial charge in [0.25, 0.3) is 11.4 Å². The van der Waals surface area contributed by atoms with E-state index in [1.54, 1.807) is 24.3 Å². The molecule has 6 nitrogen and oxygen atoms in total. The lowest BCUT2D eigenvalue weighted by atomic mass is 10.3. The topological polar surface area (TPSA) is 86.3 Å². The maximum Gasteiger partial charge on any atom is 0.269 e. The second-order valence-electron chi connectivity index (χ2n) is 4.32. The van der Waals surface area contributed by atoms with Crippen LogP contribution in [-0.4, -0.2) is 9.85 Å². The third-order valence-electron chi connectivity index (χ3n) is 2.71. The highest BCUT2D eigenvalue weighted by atomic mass is 32.2. The van der Waals surface area contributed by atoms with Gasteiger partial charge in [-0.15, -0.1) is 25.3 Å². The quantitative estimate of drug-likeness (QED) is 0.294. The summed E-state index contributed by atoms with van der Waals surface area (Å²) in [6.07, 6.45) is 0.